The highest BCUT2D eigenvalue weighted by atomic mass is 35.5. The van der Waals surface area contributed by atoms with Gasteiger partial charge in [0.15, 0.2) is 11.6 Å². The Bertz CT molecular complexity index is 1080. The normalized spacial score (nSPS) is 17.6. The number of ether oxygens (including phenoxy) is 2. The first-order chi connectivity index (χ1) is 17.4. The minimum absolute atomic E-state index is 0.0249. The molecule has 37 heavy (non-hydrogen) atoms. The number of carbonyl (C=O) groups excluding carboxylic acids is 2. The van der Waals surface area contributed by atoms with Crippen LogP contribution in [0, 0.1) is 5.82 Å². The van der Waals surface area contributed by atoms with Gasteiger partial charge in [-0.25, -0.2) is 9.37 Å². The van der Waals surface area contributed by atoms with Crippen molar-refractivity contribution >= 4 is 30.5 Å². The number of rotatable bonds is 11. The van der Waals surface area contributed by atoms with E-state index in [1.165, 1.54) is 37.8 Å². The number of nitrogens with one attached hydrogen (secondary N) is 2. The number of amides is 2. The van der Waals surface area contributed by atoms with Crippen LogP contribution in [0.5, 0.6) is 5.75 Å². The first-order valence-corrected chi connectivity index (χ1v) is 12.1. The summed E-state index contributed by atoms with van der Waals surface area (Å²) in [5.74, 6) is -2.39. The quantitative estimate of drug-likeness (QED) is 0.421. The predicted octanol–water partition coefficient (Wildman–Crippen LogP) is 2.60. The average molecular weight is 537 g/mol. The van der Waals surface area contributed by atoms with Gasteiger partial charge >= 0.3 is 7.12 Å². The molecule has 0 bridgehead atoms. The van der Waals surface area contributed by atoms with Crippen molar-refractivity contribution in [2.24, 2.45) is 0 Å². The molecule has 10 nitrogen and oxygen atoms in total. The van der Waals surface area contributed by atoms with Crippen molar-refractivity contribution in [2.75, 3.05) is 20.3 Å². The van der Waals surface area contributed by atoms with Gasteiger partial charge in [-0.15, -0.1) is 0 Å². The molecule has 1 aromatic carbocycles. The molecule has 1 aliphatic rings. The molecule has 3 rings (SSSR count). The Labute approximate surface area is 220 Å². The Balaban J connectivity index is 1.73. The van der Waals surface area contributed by atoms with Crippen molar-refractivity contribution in [3.05, 3.63) is 53.3 Å². The van der Waals surface area contributed by atoms with E-state index < -0.39 is 47.9 Å². The van der Waals surface area contributed by atoms with E-state index in [2.05, 4.69) is 20.6 Å². The lowest BCUT2D eigenvalue weighted by molar-refractivity contribution is -0.124. The highest BCUT2D eigenvalue weighted by Gasteiger charge is 2.54. The van der Waals surface area contributed by atoms with Crippen LogP contribution in [0.4, 0.5) is 4.39 Å². The lowest BCUT2D eigenvalue weighted by Gasteiger charge is -2.32. The molecule has 1 fully saturated rings. The van der Waals surface area contributed by atoms with Gasteiger partial charge in [-0.1, -0.05) is 11.6 Å². The molecule has 1 aromatic heterocycles. The molecular weight excluding hydrogens is 506 g/mol. The first kappa shape index (κ1) is 28.8. The van der Waals surface area contributed by atoms with Crippen LogP contribution < -0.4 is 15.4 Å². The number of nitrogens with zero attached hydrogens (tertiary/aromatic N) is 2. The molecule has 0 radical (unpaired) electrons. The van der Waals surface area contributed by atoms with Crippen LogP contribution in [-0.4, -0.2) is 72.4 Å². The summed E-state index contributed by atoms with van der Waals surface area (Å²) in [6.07, 6.45) is 4.31. The van der Waals surface area contributed by atoms with Gasteiger partial charge in [-0.3, -0.25) is 14.6 Å². The van der Waals surface area contributed by atoms with Crippen molar-refractivity contribution in [2.45, 2.75) is 57.3 Å². The standard InChI is InChI=1S/C24H31BClFN4O6/c1-23(2)24(3,4)37-25(36-23)20(8-11-35-19-7-6-15(26)12-16(19)27)31-22(33)18(14-34-5)30-21(32)17-13-28-9-10-29-17/h6-7,9-10,12-13,18,20H,8,11,14H2,1-5H3,(H,30,32)(H,31,33)/t18-,20+/m1/s1. The fourth-order valence-electron chi connectivity index (χ4n) is 3.50. The lowest BCUT2D eigenvalue weighted by atomic mass is 9.76. The molecule has 0 aliphatic carbocycles. The maximum Gasteiger partial charge on any atom is 0.481 e. The summed E-state index contributed by atoms with van der Waals surface area (Å²) in [6, 6.07) is 3.05. The maximum absolute atomic E-state index is 14.1. The highest BCUT2D eigenvalue weighted by molar-refractivity contribution is 6.48. The van der Waals surface area contributed by atoms with Crippen LogP contribution >= 0.6 is 11.6 Å². The molecular formula is C24H31BClFN4O6. The first-order valence-electron chi connectivity index (χ1n) is 11.7. The second kappa shape index (κ2) is 12.2. The van der Waals surface area contributed by atoms with E-state index in [4.69, 9.17) is 30.4 Å². The fourth-order valence-corrected chi connectivity index (χ4v) is 3.66. The number of methoxy groups -OCH3 is 1. The van der Waals surface area contributed by atoms with Gasteiger partial charge in [-0.05, 0) is 45.9 Å². The van der Waals surface area contributed by atoms with Crippen molar-refractivity contribution in [1.82, 2.24) is 20.6 Å². The fraction of sp³-hybridized carbons (Fsp3) is 0.500. The van der Waals surface area contributed by atoms with E-state index in [1.807, 2.05) is 27.7 Å². The zero-order valence-electron chi connectivity index (χ0n) is 21.4. The van der Waals surface area contributed by atoms with Crippen molar-refractivity contribution in [3.8, 4) is 5.75 Å². The molecule has 2 aromatic rings. The average Bonchev–Trinajstić information content (AvgIpc) is 3.06. The largest absolute Gasteiger partial charge is 0.490 e. The molecule has 13 heteroatoms. The zero-order valence-corrected chi connectivity index (χ0v) is 22.2. The second-order valence-electron chi connectivity index (χ2n) is 9.52. The van der Waals surface area contributed by atoms with Gasteiger partial charge in [-0.2, -0.15) is 0 Å². The van der Waals surface area contributed by atoms with Gasteiger partial charge < -0.3 is 29.4 Å². The van der Waals surface area contributed by atoms with Crippen molar-refractivity contribution in [1.29, 1.82) is 0 Å². The number of halogens is 2. The van der Waals surface area contributed by atoms with Crippen molar-refractivity contribution < 1.29 is 32.8 Å². The monoisotopic (exact) mass is 536 g/mol. The van der Waals surface area contributed by atoms with E-state index in [0.29, 0.717) is 0 Å². The van der Waals surface area contributed by atoms with Gasteiger partial charge in [0.2, 0.25) is 5.91 Å². The zero-order chi connectivity index (χ0) is 27.2. The van der Waals surface area contributed by atoms with Crippen LogP contribution in [0.3, 0.4) is 0 Å². The Morgan fingerprint density at radius 1 is 1.16 bits per heavy atom. The number of hydrogen-bond donors (Lipinski definition) is 2. The summed E-state index contributed by atoms with van der Waals surface area (Å²) in [7, 11) is 0.584. The summed E-state index contributed by atoms with van der Waals surface area (Å²) in [4.78, 5) is 33.6. The summed E-state index contributed by atoms with van der Waals surface area (Å²) in [5, 5.41) is 5.73. The van der Waals surface area contributed by atoms with Gasteiger partial charge in [0.05, 0.1) is 36.6 Å². The molecule has 0 saturated carbocycles. The SMILES string of the molecule is COC[C@@H](NC(=O)c1cnccn1)C(=O)N[C@@H](CCOc1ccc(Cl)cc1F)B1OC(C)(C)C(C)(C)O1. The Morgan fingerprint density at radius 3 is 2.46 bits per heavy atom. The second-order valence-corrected chi connectivity index (χ2v) is 9.96. The van der Waals surface area contributed by atoms with E-state index in [1.54, 1.807) is 0 Å². The molecule has 1 saturated heterocycles. The molecule has 0 spiro atoms. The third kappa shape index (κ3) is 7.38. The number of carbonyl (C=O) groups is 2. The van der Waals surface area contributed by atoms with E-state index in [-0.39, 0.29) is 36.1 Å². The number of hydrogen-bond acceptors (Lipinski definition) is 8. The maximum atomic E-state index is 14.1. The van der Waals surface area contributed by atoms with Gasteiger partial charge in [0.1, 0.15) is 11.7 Å². The topological polar surface area (TPSA) is 121 Å². The van der Waals surface area contributed by atoms with Crippen LogP contribution in [0.15, 0.2) is 36.8 Å². The molecule has 1 aliphatic heterocycles. The third-order valence-corrected chi connectivity index (χ3v) is 6.49. The third-order valence-electron chi connectivity index (χ3n) is 6.26. The van der Waals surface area contributed by atoms with E-state index in [0.717, 1.165) is 6.07 Å². The van der Waals surface area contributed by atoms with E-state index in [9.17, 15) is 14.0 Å². The summed E-state index contributed by atoms with van der Waals surface area (Å²) >= 11 is 5.81. The Kier molecular flexibility index (Phi) is 9.46. The highest BCUT2D eigenvalue weighted by Crippen LogP contribution is 2.38. The van der Waals surface area contributed by atoms with E-state index >= 15 is 0 Å². The van der Waals surface area contributed by atoms with Crippen LogP contribution in [0.1, 0.15) is 44.6 Å². The number of aromatic nitrogens is 2. The molecule has 0 unspecified atom stereocenters. The number of benzene rings is 1. The van der Waals surface area contributed by atoms with Gasteiger partial charge in [0.25, 0.3) is 5.91 Å². The van der Waals surface area contributed by atoms with Crippen LogP contribution in [0.25, 0.3) is 0 Å². The van der Waals surface area contributed by atoms with Crippen LogP contribution in [-0.2, 0) is 18.8 Å². The Hall–Kier alpha value is -2.80. The lowest BCUT2D eigenvalue weighted by Crippen LogP contribution is -2.56. The predicted molar refractivity (Wildman–Crippen MR) is 135 cm³/mol. The van der Waals surface area contributed by atoms with Crippen molar-refractivity contribution in [3.63, 3.8) is 0 Å². The molecule has 2 atom stereocenters. The minimum Gasteiger partial charge on any atom is -0.490 e. The van der Waals surface area contributed by atoms with Crippen LogP contribution in [0.2, 0.25) is 5.02 Å². The molecule has 2 amide bonds. The summed E-state index contributed by atoms with van der Waals surface area (Å²) < 4.78 is 37.2. The molecule has 2 N–H and O–H groups in total. The Morgan fingerprint density at radius 2 is 1.86 bits per heavy atom. The molecule has 200 valence electrons. The summed E-state index contributed by atoms with van der Waals surface area (Å²) in [5.41, 5.74) is -1.26. The smallest absolute Gasteiger partial charge is 0.481 e. The summed E-state index contributed by atoms with van der Waals surface area (Å²) in [6.45, 7) is 7.50. The minimum atomic E-state index is -1.04. The molecule has 2 heterocycles. The van der Waals surface area contributed by atoms with Gasteiger partial charge in [0, 0.05) is 30.9 Å².